The molecule has 0 radical (unpaired) electrons. The second kappa shape index (κ2) is 8.59. The maximum Gasteiger partial charge on any atom is 0.244 e. The quantitative estimate of drug-likeness (QED) is 0.565. The van der Waals surface area contributed by atoms with Gasteiger partial charge >= 0.3 is 0 Å². The zero-order chi connectivity index (χ0) is 14.9. The smallest absolute Gasteiger partial charge is 0.244 e. The Bertz CT molecular complexity index is 504. The highest BCUT2D eigenvalue weighted by molar-refractivity contribution is 7.99. The lowest BCUT2D eigenvalue weighted by Crippen LogP contribution is -2.23. The summed E-state index contributed by atoms with van der Waals surface area (Å²) in [6, 6.07) is 5.55. The van der Waals surface area contributed by atoms with Crippen LogP contribution in [0.25, 0.3) is 6.08 Å². The fourth-order valence-corrected chi connectivity index (χ4v) is 2.55. The molecule has 0 bridgehead atoms. The zero-order valence-corrected chi connectivity index (χ0v) is 12.5. The third-order valence-corrected chi connectivity index (χ3v) is 3.89. The summed E-state index contributed by atoms with van der Waals surface area (Å²) in [5.74, 6) is 3.09. The first-order valence-corrected chi connectivity index (χ1v) is 7.99. The van der Waals surface area contributed by atoms with Crippen LogP contribution in [0, 0.1) is 0 Å². The molecule has 1 amide bonds. The molecule has 1 aromatic carbocycles. The minimum Gasteiger partial charge on any atom is -0.454 e. The van der Waals surface area contributed by atoms with Gasteiger partial charge in [0.05, 0.1) is 0 Å². The minimum absolute atomic E-state index is 0.115. The van der Waals surface area contributed by atoms with E-state index >= 15 is 0 Å². The maximum absolute atomic E-state index is 11.6. The van der Waals surface area contributed by atoms with Gasteiger partial charge in [-0.3, -0.25) is 4.79 Å². The van der Waals surface area contributed by atoms with Gasteiger partial charge in [0.15, 0.2) is 11.5 Å². The SMILES string of the molecule is O=C(/C=C/c1ccc2c(c1)OCO2)NCCSCCCO. The molecule has 1 aromatic rings. The third kappa shape index (κ3) is 5.32. The van der Waals surface area contributed by atoms with E-state index in [0.29, 0.717) is 12.3 Å². The van der Waals surface area contributed by atoms with E-state index in [0.717, 1.165) is 29.2 Å². The number of aliphatic hydroxyl groups excluding tert-OH is 1. The first-order valence-electron chi connectivity index (χ1n) is 6.84. The molecule has 1 aliphatic rings. The molecule has 0 atom stereocenters. The Morgan fingerprint density at radius 2 is 2.19 bits per heavy atom. The van der Waals surface area contributed by atoms with E-state index in [1.54, 1.807) is 17.8 Å². The highest BCUT2D eigenvalue weighted by atomic mass is 32.2. The van der Waals surface area contributed by atoms with Crippen LogP contribution in [0.15, 0.2) is 24.3 Å². The van der Waals surface area contributed by atoms with Crippen molar-refractivity contribution in [1.82, 2.24) is 5.32 Å². The molecule has 0 unspecified atom stereocenters. The number of benzene rings is 1. The molecule has 1 heterocycles. The van der Waals surface area contributed by atoms with Crippen molar-refractivity contribution in [3.63, 3.8) is 0 Å². The van der Waals surface area contributed by atoms with Crippen LogP contribution < -0.4 is 14.8 Å². The van der Waals surface area contributed by atoms with E-state index in [1.807, 2.05) is 18.2 Å². The van der Waals surface area contributed by atoms with E-state index in [2.05, 4.69) is 5.32 Å². The molecule has 0 spiro atoms. The van der Waals surface area contributed by atoms with Gasteiger partial charge in [-0.1, -0.05) is 6.07 Å². The summed E-state index contributed by atoms with van der Waals surface area (Å²) >= 11 is 1.72. The number of aliphatic hydroxyl groups is 1. The Morgan fingerprint density at radius 1 is 1.33 bits per heavy atom. The average Bonchev–Trinajstić information content (AvgIpc) is 2.96. The van der Waals surface area contributed by atoms with Crippen LogP contribution in [0.4, 0.5) is 0 Å². The molecule has 5 nitrogen and oxygen atoms in total. The topological polar surface area (TPSA) is 67.8 Å². The summed E-state index contributed by atoms with van der Waals surface area (Å²) in [5.41, 5.74) is 0.895. The number of rotatable bonds is 8. The number of fused-ring (bicyclic) bond motifs is 1. The number of amides is 1. The molecule has 1 aliphatic heterocycles. The lowest BCUT2D eigenvalue weighted by molar-refractivity contribution is -0.116. The normalized spacial score (nSPS) is 12.8. The Morgan fingerprint density at radius 3 is 3.05 bits per heavy atom. The Kier molecular flexibility index (Phi) is 6.43. The van der Waals surface area contributed by atoms with Crippen LogP contribution in [0.2, 0.25) is 0 Å². The average molecular weight is 309 g/mol. The minimum atomic E-state index is -0.115. The number of ether oxygens (including phenoxy) is 2. The van der Waals surface area contributed by atoms with Crippen LogP contribution in [-0.2, 0) is 4.79 Å². The van der Waals surface area contributed by atoms with Crippen molar-refractivity contribution in [3.8, 4) is 11.5 Å². The molecule has 0 saturated carbocycles. The van der Waals surface area contributed by atoms with Crippen LogP contribution in [0.3, 0.4) is 0 Å². The summed E-state index contributed by atoms with van der Waals surface area (Å²) in [7, 11) is 0. The summed E-state index contributed by atoms with van der Waals surface area (Å²) in [6.45, 7) is 1.09. The van der Waals surface area contributed by atoms with Gasteiger partial charge in [0, 0.05) is 25.0 Å². The van der Waals surface area contributed by atoms with Crippen molar-refractivity contribution in [3.05, 3.63) is 29.8 Å². The van der Waals surface area contributed by atoms with Gasteiger partial charge in [0.25, 0.3) is 0 Å². The molecular formula is C15H19NO4S. The fourth-order valence-electron chi connectivity index (χ4n) is 1.76. The second-order valence-corrected chi connectivity index (χ2v) is 5.65. The maximum atomic E-state index is 11.6. The van der Waals surface area contributed by atoms with E-state index in [9.17, 15) is 4.79 Å². The van der Waals surface area contributed by atoms with E-state index < -0.39 is 0 Å². The first-order chi connectivity index (χ1) is 10.3. The van der Waals surface area contributed by atoms with Crippen LogP contribution in [0.1, 0.15) is 12.0 Å². The highest BCUT2D eigenvalue weighted by Crippen LogP contribution is 2.32. The first kappa shape index (κ1) is 15.7. The van der Waals surface area contributed by atoms with Gasteiger partial charge in [-0.15, -0.1) is 0 Å². The molecule has 0 fully saturated rings. The van der Waals surface area contributed by atoms with Crippen molar-refractivity contribution < 1.29 is 19.4 Å². The number of nitrogens with one attached hydrogen (secondary N) is 1. The van der Waals surface area contributed by atoms with Gasteiger partial charge in [-0.2, -0.15) is 11.8 Å². The van der Waals surface area contributed by atoms with E-state index in [-0.39, 0.29) is 19.3 Å². The summed E-state index contributed by atoms with van der Waals surface area (Å²) in [5, 5.41) is 11.5. The molecule has 0 aromatic heterocycles. The number of carbonyl (C=O) groups is 1. The number of carbonyl (C=O) groups excluding carboxylic acids is 1. The number of hydrogen-bond donors (Lipinski definition) is 2. The van der Waals surface area contributed by atoms with E-state index in [4.69, 9.17) is 14.6 Å². The molecule has 0 aliphatic carbocycles. The molecule has 114 valence electrons. The van der Waals surface area contributed by atoms with Crippen LogP contribution >= 0.6 is 11.8 Å². The molecule has 0 saturated heterocycles. The summed E-state index contributed by atoms with van der Waals surface area (Å²) in [6.07, 6.45) is 4.05. The largest absolute Gasteiger partial charge is 0.454 e. The Hall–Kier alpha value is -1.66. The van der Waals surface area contributed by atoms with E-state index in [1.165, 1.54) is 6.08 Å². The summed E-state index contributed by atoms with van der Waals surface area (Å²) in [4.78, 5) is 11.6. The predicted molar refractivity (Wildman–Crippen MR) is 83.6 cm³/mol. The van der Waals surface area contributed by atoms with Gasteiger partial charge in [-0.25, -0.2) is 0 Å². The lowest BCUT2D eigenvalue weighted by Gasteiger charge is -2.02. The lowest BCUT2D eigenvalue weighted by atomic mass is 10.2. The summed E-state index contributed by atoms with van der Waals surface area (Å²) < 4.78 is 10.5. The van der Waals surface area contributed by atoms with Crippen molar-refractivity contribution >= 4 is 23.7 Å². The van der Waals surface area contributed by atoms with Crippen LogP contribution in [0.5, 0.6) is 11.5 Å². The number of thioether (sulfide) groups is 1. The Labute approximate surface area is 128 Å². The monoisotopic (exact) mass is 309 g/mol. The van der Waals surface area contributed by atoms with Gasteiger partial charge in [0.2, 0.25) is 12.7 Å². The third-order valence-electron chi connectivity index (χ3n) is 2.82. The zero-order valence-electron chi connectivity index (χ0n) is 11.7. The van der Waals surface area contributed by atoms with Crippen molar-refractivity contribution in [2.75, 3.05) is 31.5 Å². The molecule has 2 N–H and O–H groups in total. The van der Waals surface area contributed by atoms with Crippen molar-refractivity contribution in [1.29, 1.82) is 0 Å². The van der Waals surface area contributed by atoms with Crippen molar-refractivity contribution in [2.45, 2.75) is 6.42 Å². The number of hydrogen-bond acceptors (Lipinski definition) is 5. The van der Waals surface area contributed by atoms with Crippen molar-refractivity contribution in [2.24, 2.45) is 0 Å². The van der Waals surface area contributed by atoms with Crippen LogP contribution in [-0.4, -0.2) is 42.5 Å². The van der Waals surface area contributed by atoms with Gasteiger partial charge in [-0.05, 0) is 35.9 Å². The molecule has 6 heteroatoms. The van der Waals surface area contributed by atoms with Gasteiger partial charge < -0.3 is 19.9 Å². The second-order valence-electron chi connectivity index (χ2n) is 4.43. The molecule has 21 heavy (non-hydrogen) atoms. The molecular weight excluding hydrogens is 290 g/mol. The predicted octanol–water partition coefficient (Wildman–Crippen LogP) is 1.66. The highest BCUT2D eigenvalue weighted by Gasteiger charge is 2.12. The van der Waals surface area contributed by atoms with Gasteiger partial charge in [0.1, 0.15) is 0 Å². The molecule has 2 rings (SSSR count). The standard InChI is InChI=1S/C15H19NO4S/c17-7-1-8-21-9-6-16-15(18)5-3-12-2-4-13-14(10-12)20-11-19-13/h2-5,10,17H,1,6-9,11H2,(H,16,18)/b5-3+. The Balaban J connectivity index is 1.70. The fraction of sp³-hybridized carbons (Fsp3) is 0.400.